The number of nitrogen functional groups attached to an aromatic ring is 1. The highest BCUT2D eigenvalue weighted by atomic mass is 19.1. The largest absolute Gasteiger partial charge is 0.480 e. The number of nitrogens with two attached hydrogens (primary N) is 2. The number of primary amides is 1. The molecule has 12 nitrogen and oxygen atoms in total. The molecule has 4 atom stereocenters. The molecule has 40 heavy (non-hydrogen) atoms. The summed E-state index contributed by atoms with van der Waals surface area (Å²) in [5.74, 6) is -4.51. The Bertz CT molecular complexity index is 1370. The average Bonchev–Trinajstić information content (AvgIpc) is 3.70. The summed E-state index contributed by atoms with van der Waals surface area (Å²) in [7, 11) is 0. The number of rotatable bonds is 7. The summed E-state index contributed by atoms with van der Waals surface area (Å²) in [6, 6.07) is -1.79. The monoisotopic (exact) mass is 566 g/mol. The number of benzene rings is 1. The molecule has 4 rings (SSSR count). The molecule has 0 radical (unpaired) electrons. The lowest BCUT2D eigenvalue weighted by Crippen LogP contribution is -2.54. The number of nitrogens with zero attached hydrogens (tertiary/aromatic N) is 2. The number of carboxylic acid groups (broad SMARTS) is 2. The smallest absolute Gasteiger partial charge is 0.341 e. The fraction of sp³-hybridized carbons (Fsp3) is 0.538. The van der Waals surface area contributed by atoms with Gasteiger partial charge in [0.05, 0.1) is 16.6 Å². The van der Waals surface area contributed by atoms with Gasteiger partial charge in [-0.2, -0.15) is 0 Å². The van der Waals surface area contributed by atoms with Crippen LogP contribution in [0.1, 0.15) is 63.4 Å². The maximum Gasteiger partial charge on any atom is 0.341 e. The number of fused-ring (bicyclic) bond motifs is 1. The Morgan fingerprint density at radius 2 is 1.73 bits per heavy atom. The summed E-state index contributed by atoms with van der Waals surface area (Å²) in [6.07, 6.45) is 3.28. The number of anilines is 2. The van der Waals surface area contributed by atoms with Crippen molar-refractivity contribution in [3.8, 4) is 0 Å². The third-order valence-electron chi connectivity index (χ3n) is 7.19. The number of aromatic carboxylic acids is 1. The molecular formula is C26H36F2N6O6. The van der Waals surface area contributed by atoms with E-state index in [1.54, 1.807) is 11.8 Å². The highest BCUT2D eigenvalue weighted by molar-refractivity contribution is 5.99. The summed E-state index contributed by atoms with van der Waals surface area (Å²) in [5, 5.41) is 23.1. The van der Waals surface area contributed by atoms with Crippen molar-refractivity contribution < 1.29 is 33.4 Å². The number of aliphatic carboxylic acids is 1. The topological polar surface area (TPSA) is 193 Å². The molecule has 0 spiro atoms. The van der Waals surface area contributed by atoms with Gasteiger partial charge < -0.3 is 41.8 Å². The molecule has 1 aliphatic carbocycles. The van der Waals surface area contributed by atoms with Crippen molar-refractivity contribution in [3.05, 3.63) is 33.6 Å². The molecule has 220 valence electrons. The lowest BCUT2D eigenvalue weighted by molar-refractivity contribution is -0.140. The lowest BCUT2D eigenvalue weighted by Gasteiger charge is -2.38. The number of nitrogens with one attached hydrogen (secondary N) is 2. The van der Waals surface area contributed by atoms with Crippen LogP contribution in [0.15, 0.2) is 11.0 Å². The number of hydrogen-bond acceptors (Lipinski definition) is 7. The van der Waals surface area contributed by atoms with Gasteiger partial charge in [0.1, 0.15) is 17.3 Å². The second-order valence-electron chi connectivity index (χ2n) is 10.5. The zero-order valence-electron chi connectivity index (χ0n) is 22.8. The van der Waals surface area contributed by atoms with E-state index in [1.807, 2.05) is 20.8 Å². The fourth-order valence-corrected chi connectivity index (χ4v) is 4.97. The van der Waals surface area contributed by atoms with Crippen molar-refractivity contribution >= 4 is 40.2 Å². The van der Waals surface area contributed by atoms with E-state index in [0.717, 1.165) is 19.0 Å². The first kappa shape index (κ1) is 30.6. The van der Waals surface area contributed by atoms with Gasteiger partial charge in [-0.15, -0.1) is 0 Å². The van der Waals surface area contributed by atoms with Crippen LogP contribution < -0.4 is 32.4 Å². The van der Waals surface area contributed by atoms with Crippen molar-refractivity contribution in [1.29, 1.82) is 0 Å². The number of carbonyl (C=O) groups excluding carboxylic acids is 1. The first-order chi connectivity index (χ1) is 18.7. The van der Waals surface area contributed by atoms with Crippen LogP contribution in [0, 0.1) is 17.6 Å². The number of piperazine rings is 1. The quantitative estimate of drug-likeness (QED) is 0.273. The van der Waals surface area contributed by atoms with Crippen molar-refractivity contribution in [2.24, 2.45) is 11.7 Å². The molecule has 2 unspecified atom stereocenters. The molecular weight excluding hydrogens is 530 g/mol. The number of hydrogen-bond donors (Lipinski definition) is 6. The number of halogens is 2. The minimum absolute atomic E-state index is 0.0134. The van der Waals surface area contributed by atoms with Crippen LogP contribution in [-0.4, -0.2) is 64.0 Å². The molecule has 8 N–H and O–H groups in total. The minimum atomic E-state index is -1.45. The first-order valence-electron chi connectivity index (χ1n) is 13.1. The number of carboxylic acids is 2. The molecule has 1 saturated heterocycles. The molecule has 0 bridgehead atoms. The number of aromatic nitrogens is 1. The number of pyridine rings is 1. The Morgan fingerprint density at radius 3 is 2.17 bits per heavy atom. The maximum atomic E-state index is 15.6. The van der Waals surface area contributed by atoms with Crippen LogP contribution in [0.4, 0.5) is 25.0 Å². The second kappa shape index (κ2) is 12.1. The van der Waals surface area contributed by atoms with E-state index in [4.69, 9.17) is 16.6 Å². The summed E-state index contributed by atoms with van der Waals surface area (Å²) >= 11 is 0. The predicted octanol–water partition coefficient (Wildman–Crippen LogP) is 2.24. The second-order valence-corrected chi connectivity index (χ2v) is 10.5. The van der Waals surface area contributed by atoms with Crippen LogP contribution in [0.3, 0.4) is 0 Å². The zero-order valence-corrected chi connectivity index (χ0v) is 22.8. The Hall–Kier alpha value is -3.94. The van der Waals surface area contributed by atoms with E-state index >= 15 is 8.78 Å². The summed E-state index contributed by atoms with van der Waals surface area (Å²) in [6.45, 7) is 8.19. The van der Waals surface area contributed by atoms with E-state index < -0.39 is 57.7 Å². The number of amides is 2. The van der Waals surface area contributed by atoms with Crippen LogP contribution in [0.25, 0.3) is 10.9 Å². The van der Waals surface area contributed by atoms with E-state index in [-0.39, 0.29) is 35.2 Å². The molecule has 2 aromatic rings. The molecule has 14 heteroatoms. The molecule has 2 aliphatic rings. The van der Waals surface area contributed by atoms with Crippen molar-refractivity contribution in [2.45, 2.75) is 71.1 Å². The molecule has 1 aliphatic heterocycles. The van der Waals surface area contributed by atoms with Gasteiger partial charge in [-0.25, -0.2) is 23.2 Å². The fourth-order valence-electron chi connectivity index (χ4n) is 4.97. The molecule has 1 aromatic heterocycles. The highest BCUT2D eigenvalue weighted by Gasteiger charge is 2.34. The molecule has 2 fully saturated rings. The van der Waals surface area contributed by atoms with Gasteiger partial charge in [-0.1, -0.05) is 20.3 Å². The summed E-state index contributed by atoms with van der Waals surface area (Å²) < 4.78 is 32.2. The molecule has 2 amide bonds. The number of carbonyl (C=O) groups is 3. The van der Waals surface area contributed by atoms with E-state index in [1.165, 1.54) is 4.57 Å². The highest BCUT2D eigenvalue weighted by Crippen LogP contribution is 2.41. The van der Waals surface area contributed by atoms with Gasteiger partial charge in [-0.3, -0.25) is 4.79 Å². The zero-order chi connectivity index (χ0) is 30.0. The van der Waals surface area contributed by atoms with Gasteiger partial charge in [0.25, 0.3) is 0 Å². The summed E-state index contributed by atoms with van der Waals surface area (Å²) in [5.41, 5.74) is 8.35. The van der Waals surface area contributed by atoms with Crippen molar-refractivity contribution in [3.63, 3.8) is 0 Å². The Balaban J connectivity index is 0.000000312. The Kier molecular flexibility index (Phi) is 9.23. The third kappa shape index (κ3) is 6.27. The normalized spacial score (nSPS) is 20.3. The Morgan fingerprint density at radius 1 is 1.15 bits per heavy atom. The van der Waals surface area contributed by atoms with E-state index in [9.17, 15) is 24.3 Å². The third-order valence-corrected chi connectivity index (χ3v) is 7.19. The predicted molar refractivity (Wildman–Crippen MR) is 146 cm³/mol. The van der Waals surface area contributed by atoms with Crippen LogP contribution in [0.2, 0.25) is 0 Å². The molecule has 1 saturated carbocycles. The molecule has 2 heterocycles. The summed E-state index contributed by atoms with van der Waals surface area (Å²) in [4.78, 5) is 46.7. The van der Waals surface area contributed by atoms with Crippen molar-refractivity contribution in [2.75, 3.05) is 23.7 Å². The number of urea groups is 1. The van der Waals surface area contributed by atoms with Crippen LogP contribution in [0.5, 0.6) is 0 Å². The van der Waals surface area contributed by atoms with Gasteiger partial charge >= 0.3 is 18.0 Å². The standard InChI is InChI=1S/C19H22F2N4O3.C7H14N2O3/c1-8-5-24(6-9(2)23-8)17-13(20)15(22)12-16(14(17)21)25(10-3-4-10)7-11(18(12)26)19(27)28;1-3-4(2)5(6(10)11)9-7(8)12/h7-10,23H,3-6,22H2,1-2H3,(H,27,28);4-5H,3H2,1-2H3,(H,10,11)(H3,8,9,12)/t8-,9+;. The first-order valence-corrected chi connectivity index (χ1v) is 13.1. The lowest BCUT2D eigenvalue weighted by atomic mass is 10.00. The molecule has 1 aromatic carbocycles. The minimum Gasteiger partial charge on any atom is -0.480 e. The average molecular weight is 567 g/mol. The van der Waals surface area contributed by atoms with Gasteiger partial charge in [0.2, 0.25) is 5.43 Å². The van der Waals surface area contributed by atoms with Crippen LogP contribution >= 0.6 is 0 Å². The Labute approximate surface area is 229 Å². The van der Waals surface area contributed by atoms with Gasteiger partial charge in [0, 0.05) is 37.4 Å². The van der Waals surface area contributed by atoms with Crippen LogP contribution in [-0.2, 0) is 4.79 Å². The van der Waals surface area contributed by atoms with E-state index in [2.05, 4.69) is 10.6 Å². The maximum absolute atomic E-state index is 15.6. The SMILES string of the molecule is CCC(C)C(NC(N)=O)C(=O)O.C[C@@H]1CN(c2c(F)c(N)c3c(=O)c(C(=O)O)cn(C4CC4)c3c2F)C[C@H](C)N1. The van der Waals surface area contributed by atoms with Crippen molar-refractivity contribution in [1.82, 2.24) is 15.2 Å². The van der Waals surface area contributed by atoms with E-state index in [0.29, 0.717) is 19.5 Å². The van der Waals surface area contributed by atoms with Gasteiger partial charge in [-0.05, 0) is 32.6 Å². The van der Waals surface area contributed by atoms with Gasteiger partial charge in [0.15, 0.2) is 11.6 Å².